The first-order chi connectivity index (χ1) is 12.4. The number of benzene rings is 1. The largest absolute Gasteiger partial charge is 0.124 e. The molecule has 0 N–H and O–H groups in total. The molecule has 142 valence electrons. The van der Waals surface area contributed by atoms with E-state index in [0.29, 0.717) is 11.3 Å². The third kappa shape index (κ3) is 4.62. The van der Waals surface area contributed by atoms with Crippen molar-refractivity contribution in [3.05, 3.63) is 46.0 Å². The molecule has 0 aliphatic heterocycles. The molecule has 0 amide bonds. The lowest BCUT2D eigenvalue weighted by Crippen LogP contribution is -2.25. The normalized spacial score (nSPS) is 23.6. The number of unbranched alkanes of at least 4 members (excludes halogenated alkanes) is 2. The van der Waals surface area contributed by atoms with Crippen LogP contribution in [0.15, 0.2) is 23.8 Å². The van der Waals surface area contributed by atoms with E-state index in [1.807, 2.05) is 0 Å². The summed E-state index contributed by atoms with van der Waals surface area (Å²) < 4.78 is 0. The van der Waals surface area contributed by atoms with Gasteiger partial charge in [0.05, 0.1) is 0 Å². The summed E-state index contributed by atoms with van der Waals surface area (Å²) in [4.78, 5) is 0. The van der Waals surface area contributed by atoms with Gasteiger partial charge in [0.25, 0.3) is 0 Å². The molecule has 0 heteroatoms. The Kier molecular flexibility index (Phi) is 7.16. The summed E-state index contributed by atoms with van der Waals surface area (Å²) in [6.45, 7) is 11.9. The van der Waals surface area contributed by atoms with Crippen molar-refractivity contribution < 1.29 is 0 Å². The van der Waals surface area contributed by atoms with Crippen LogP contribution in [0.1, 0.15) is 93.9 Å². The molecular formula is C26H38. The van der Waals surface area contributed by atoms with Gasteiger partial charge in [-0.15, -0.1) is 12.8 Å². The highest BCUT2D eigenvalue weighted by molar-refractivity contribution is 5.44. The lowest BCUT2D eigenvalue weighted by Gasteiger charge is -2.36. The van der Waals surface area contributed by atoms with Crippen molar-refractivity contribution in [2.75, 3.05) is 0 Å². The Balaban J connectivity index is 0.00000117. The zero-order valence-electron chi connectivity index (χ0n) is 17.7. The monoisotopic (exact) mass is 350 g/mol. The van der Waals surface area contributed by atoms with Crippen LogP contribution in [-0.4, -0.2) is 0 Å². The standard InChI is InChI=1S/C24H36.C2H2/c1-6-7-8-9-20-15-18(3)23(19(4)16-20)21-14-17(2)10-11-22(21)24(5)12-13-24;1-2/h14-16,21-22H,6-13H2,1-5H3;1-2H. The van der Waals surface area contributed by atoms with E-state index < -0.39 is 0 Å². The van der Waals surface area contributed by atoms with E-state index in [4.69, 9.17) is 0 Å². The van der Waals surface area contributed by atoms with Crippen molar-refractivity contribution in [1.29, 1.82) is 0 Å². The van der Waals surface area contributed by atoms with Crippen molar-refractivity contribution in [2.24, 2.45) is 11.3 Å². The number of hydrogen-bond donors (Lipinski definition) is 0. The first kappa shape index (κ1) is 20.8. The van der Waals surface area contributed by atoms with E-state index in [0.717, 1.165) is 5.92 Å². The maximum Gasteiger partial charge on any atom is 0.00593 e. The lowest BCUT2D eigenvalue weighted by molar-refractivity contribution is 0.274. The number of allylic oxidation sites excluding steroid dienone is 2. The highest BCUT2D eigenvalue weighted by atomic mass is 14.5. The Morgan fingerprint density at radius 1 is 1.04 bits per heavy atom. The molecule has 2 aliphatic rings. The lowest BCUT2D eigenvalue weighted by atomic mass is 9.68. The van der Waals surface area contributed by atoms with Crippen LogP contribution in [-0.2, 0) is 6.42 Å². The minimum absolute atomic E-state index is 0.612. The van der Waals surface area contributed by atoms with E-state index >= 15 is 0 Å². The Morgan fingerprint density at radius 2 is 1.65 bits per heavy atom. The third-order valence-corrected chi connectivity index (χ3v) is 6.74. The predicted molar refractivity (Wildman–Crippen MR) is 116 cm³/mol. The molecule has 0 heterocycles. The summed E-state index contributed by atoms with van der Waals surface area (Å²) in [6.07, 6.45) is 21.4. The Labute approximate surface area is 162 Å². The van der Waals surface area contributed by atoms with Crippen LogP contribution in [0.3, 0.4) is 0 Å². The van der Waals surface area contributed by atoms with Crippen LogP contribution in [0.5, 0.6) is 0 Å². The topological polar surface area (TPSA) is 0 Å². The Bertz CT molecular complexity index is 631. The molecule has 2 unspecified atom stereocenters. The smallest absolute Gasteiger partial charge is 0.00593 e. The van der Waals surface area contributed by atoms with Crippen molar-refractivity contribution >= 4 is 0 Å². The average molecular weight is 351 g/mol. The zero-order chi connectivity index (χ0) is 19.3. The highest BCUT2D eigenvalue weighted by Crippen LogP contribution is 2.59. The van der Waals surface area contributed by atoms with Crippen molar-refractivity contribution in [1.82, 2.24) is 0 Å². The molecule has 26 heavy (non-hydrogen) atoms. The van der Waals surface area contributed by atoms with Gasteiger partial charge in [0.1, 0.15) is 0 Å². The second-order valence-corrected chi connectivity index (χ2v) is 8.94. The molecule has 0 saturated heterocycles. The molecule has 1 fully saturated rings. The summed E-state index contributed by atoms with van der Waals surface area (Å²) in [7, 11) is 0. The van der Waals surface area contributed by atoms with E-state index in [1.165, 1.54) is 62.5 Å². The number of rotatable bonds is 6. The quantitative estimate of drug-likeness (QED) is 0.282. The molecule has 1 aromatic rings. The second-order valence-electron chi connectivity index (χ2n) is 8.94. The van der Waals surface area contributed by atoms with Gasteiger partial charge in [0.2, 0.25) is 0 Å². The van der Waals surface area contributed by atoms with Crippen LogP contribution in [0.2, 0.25) is 0 Å². The molecule has 0 aromatic heterocycles. The molecule has 0 bridgehead atoms. The first-order valence-corrected chi connectivity index (χ1v) is 10.6. The second kappa shape index (κ2) is 8.94. The predicted octanol–water partition coefficient (Wildman–Crippen LogP) is 7.53. The minimum Gasteiger partial charge on any atom is -0.124 e. The van der Waals surface area contributed by atoms with Crippen molar-refractivity contribution in [2.45, 2.75) is 91.9 Å². The summed E-state index contributed by atoms with van der Waals surface area (Å²) in [5.41, 5.74) is 8.48. The van der Waals surface area contributed by atoms with E-state index in [9.17, 15) is 0 Å². The van der Waals surface area contributed by atoms with E-state index in [2.05, 4.69) is 65.7 Å². The molecule has 0 spiro atoms. The minimum atomic E-state index is 0.612. The molecule has 2 atom stereocenters. The molecule has 1 saturated carbocycles. The number of hydrogen-bond acceptors (Lipinski definition) is 0. The van der Waals surface area contributed by atoms with Gasteiger partial charge in [-0.05, 0) is 92.9 Å². The van der Waals surface area contributed by atoms with Gasteiger partial charge < -0.3 is 0 Å². The number of aryl methyl sites for hydroxylation is 3. The summed E-state index contributed by atoms with van der Waals surface area (Å²) in [5.74, 6) is 1.50. The fraction of sp³-hybridized carbons (Fsp3) is 0.615. The fourth-order valence-corrected chi connectivity index (χ4v) is 5.02. The van der Waals surface area contributed by atoms with E-state index in [1.54, 1.807) is 16.7 Å². The van der Waals surface area contributed by atoms with Gasteiger partial charge in [-0.3, -0.25) is 0 Å². The number of terminal acetylenes is 1. The molecule has 2 aliphatic carbocycles. The van der Waals surface area contributed by atoms with E-state index in [-0.39, 0.29) is 0 Å². The van der Waals surface area contributed by atoms with Crippen LogP contribution in [0.25, 0.3) is 0 Å². The van der Waals surface area contributed by atoms with Gasteiger partial charge in [-0.2, -0.15) is 0 Å². The van der Waals surface area contributed by atoms with Crippen LogP contribution in [0, 0.1) is 38.0 Å². The van der Waals surface area contributed by atoms with Crippen molar-refractivity contribution in [3.63, 3.8) is 0 Å². The van der Waals surface area contributed by atoms with Gasteiger partial charge in [-0.25, -0.2) is 0 Å². The zero-order valence-corrected chi connectivity index (χ0v) is 17.7. The first-order valence-electron chi connectivity index (χ1n) is 10.6. The SMILES string of the molecule is C#C.CCCCCc1cc(C)c(C2C=C(C)CCC2C2(C)CC2)c(C)c1. The van der Waals surface area contributed by atoms with Crippen LogP contribution >= 0.6 is 0 Å². The molecule has 3 rings (SSSR count). The van der Waals surface area contributed by atoms with Crippen LogP contribution in [0.4, 0.5) is 0 Å². The Morgan fingerprint density at radius 3 is 2.19 bits per heavy atom. The summed E-state index contributed by atoms with van der Waals surface area (Å²) in [5, 5.41) is 0. The Hall–Kier alpha value is -1.48. The summed E-state index contributed by atoms with van der Waals surface area (Å²) in [6, 6.07) is 4.98. The maximum absolute atomic E-state index is 4.00. The van der Waals surface area contributed by atoms with Gasteiger partial charge in [0, 0.05) is 5.92 Å². The van der Waals surface area contributed by atoms with Gasteiger partial charge >= 0.3 is 0 Å². The third-order valence-electron chi connectivity index (χ3n) is 6.74. The molecule has 0 nitrogen and oxygen atoms in total. The van der Waals surface area contributed by atoms with Gasteiger partial charge in [0.15, 0.2) is 0 Å². The van der Waals surface area contributed by atoms with Crippen LogP contribution < -0.4 is 0 Å². The van der Waals surface area contributed by atoms with Crippen molar-refractivity contribution in [3.8, 4) is 12.8 Å². The fourth-order valence-electron chi connectivity index (χ4n) is 5.02. The molecule has 0 radical (unpaired) electrons. The average Bonchev–Trinajstić information content (AvgIpc) is 3.35. The van der Waals surface area contributed by atoms with Gasteiger partial charge in [-0.1, -0.05) is 50.5 Å². The highest BCUT2D eigenvalue weighted by Gasteiger charge is 2.48. The molecule has 1 aromatic carbocycles. The summed E-state index contributed by atoms with van der Waals surface area (Å²) >= 11 is 0. The maximum atomic E-state index is 4.00. The molecular weight excluding hydrogens is 312 g/mol.